The van der Waals surface area contributed by atoms with Crippen molar-refractivity contribution in [3.8, 4) is 11.1 Å². The molecule has 7 nitrogen and oxygen atoms in total. The van der Waals surface area contributed by atoms with Gasteiger partial charge in [-0.1, -0.05) is 55.0 Å². The number of amides is 2. The second-order valence-corrected chi connectivity index (χ2v) is 9.84. The Morgan fingerprint density at radius 3 is 2.15 bits per heavy atom. The van der Waals surface area contributed by atoms with Crippen molar-refractivity contribution in [2.75, 3.05) is 26.2 Å². The van der Waals surface area contributed by atoms with Gasteiger partial charge in [0.1, 0.15) is 13.2 Å². The maximum Gasteiger partial charge on any atom is 0.407 e. The van der Waals surface area contributed by atoms with Crippen molar-refractivity contribution in [3.63, 3.8) is 0 Å². The van der Waals surface area contributed by atoms with Crippen LogP contribution in [-0.4, -0.2) is 54.2 Å². The molecule has 0 heterocycles. The average molecular weight is 463 g/mol. The topological polar surface area (TPSA) is 95.9 Å². The lowest BCUT2D eigenvalue weighted by atomic mass is 9.67. The van der Waals surface area contributed by atoms with Crippen molar-refractivity contribution in [3.05, 3.63) is 59.7 Å². The van der Waals surface area contributed by atoms with Gasteiger partial charge >= 0.3 is 12.1 Å². The largest absolute Gasteiger partial charge is 0.480 e. The fraction of sp³-hybridized carbons (Fsp3) is 0.444. The summed E-state index contributed by atoms with van der Waals surface area (Å²) in [6.07, 6.45) is 3.71. The van der Waals surface area contributed by atoms with Gasteiger partial charge in [0.05, 0.1) is 5.41 Å². The summed E-state index contributed by atoms with van der Waals surface area (Å²) < 4.78 is 5.61. The van der Waals surface area contributed by atoms with E-state index in [1.54, 1.807) is 0 Å². The third-order valence-electron chi connectivity index (χ3n) is 7.47. The molecule has 0 aliphatic heterocycles. The van der Waals surface area contributed by atoms with Gasteiger partial charge in [-0.3, -0.25) is 9.59 Å². The highest BCUT2D eigenvalue weighted by atomic mass is 16.5. The number of nitrogens with one attached hydrogen (secondary N) is 1. The normalized spacial score (nSPS) is 17.8. The number of nitrogens with zero attached hydrogens (tertiary/aromatic N) is 1. The SMILES string of the molecule is O=C(O)CN(CC1CC1)C(=O)C1(CNC(=O)OCC2c3ccccc3-c3ccccc32)CCC1. The number of hydrogen-bond donors (Lipinski definition) is 2. The highest BCUT2D eigenvalue weighted by Crippen LogP contribution is 2.45. The Labute approximate surface area is 199 Å². The molecule has 0 unspecified atom stereocenters. The molecule has 2 amide bonds. The van der Waals surface area contributed by atoms with Gasteiger partial charge in [-0.25, -0.2) is 4.79 Å². The molecule has 2 saturated carbocycles. The van der Waals surface area contributed by atoms with Crippen molar-refractivity contribution in [2.24, 2.45) is 11.3 Å². The number of carboxylic acid groups (broad SMARTS) is 1. The molecule has 2 aromatic rings. The van der Waals surface area contributed by atoms with E-state index in [9.17, 15) is 19.5 Å². The third-order valence-corrected chi connectivity index (χ3v) is 7.47. The first-order valence-corrected chi connectivity index (χ1v) is 12.1. The molecule has 0 aromatic heterocycles. The van der Waals surface area contributed by atoms with Gasteiger partial charge in [0.25, 0.3) is 0 Å². The minimum Gasteiger partial charge on any atom is -0.480 e. The van der Waals surface area contributed by atoms with Crippen LogP contribution in [0.2, 0.25) is 0 Å². The maximum absolute atomic E-state index is 13.3. The molecule has 3 aliphatic carbocycles. The first-order chi connectivity index (χ1) is 16.5. The van der Waals surface area contributed by atoms with Crippen LogP contribution in [0, 0.1) is 11.3 Å². The van der Waals surface area contributed by atoms with Crippen molar-refractivity contribution < 1.29 is 24.2 Å². The lowest BCUT2D eigenvalue weighted by Crippen LogP contribution is -2.55. The van der Waals surface area contributed by atoms with Crippen LogP contribution < -0.4 is 5.32 Å². The van der Waals surface area contributed by atoms with E-state index < -0.39 is 17.5 Å². The molecule has 0 radical (unpaired) electrons. The predicted molar refractivity (Wildman–Crippen MR) is 126 cm³/mol. The minimum absolute atomic E-state index is 0.0259. The van der Waals surface area contributed by atoms with E-state index in [4.69, 9.17) is 4.74 Å². The monoisotopic (exact) mass is 462 g/mol. The zero-order valence-electron chi connectivity index (χ0n) is 19.2. The summed E-state index contributed by atoms with van der Waals surface area (Å²) in [5.74, 6) is -0.794. The van der Waals surface area contributed by atoms with Crippen molar-refractivity contribution in [1.82, 2.24) is 10.2 Å². The molecule has 3 aliphatic rings. The number of aliphatic carboxylic acids is 1. The fourth-order valence-electron chi connectivity index (χ4n) is 5.29. The van der Waals surface area contributed by atoms with Crippen molar-refractivity contribution >= 4 is 18.0 Å². The molecule has 7 heteroatoms. The van der Waals surface area contributed by atoms with Crippen LogP contribution >= 0.6 is 0 Å². The Balaban J connectivity index is 1.20. The van der Waals surface area contributed by atoms with Crippen LogP contribution in [0.3, 0.4) is 0 Å². The number of hydrogen-bond acceptors (Lipinski definition) is 4. The molecule has 5 rings (SSSR count). The molecular formula is C27H30N2O5. The van der Waals surface area contributed by atoms with E-state index in [0.29, 0.717) is 25.3 Å². The number of carboxylic acids is 1. The van der Waals surface area contributed by atoms with Gasteiger partial charge < -0.3 is 20.1 Å². The number of ether oxygens (including phenoxy) is 1. The van der Waals surface area contributed by atoms with Gasteiger partial charge in [0.2, 0.25) is 5.91 Å². The summed E-state index contributed by atoms with van der Waals surface area (Å²) in [5, 5.41) is 12.1. The van der Waals surface area contributed by atoms with Gasteiger partial charge in [-0.15, -0.1) is 0 Å². The summed E-state index contributed by atoms with van der Waals surface area (Å²) in [4.78, 5) is 38.7. The van der Waals surface area contributed by atoms with Crippen LogP contribution in [0.25, 0.3) is 11.1 Å². The number of alkyl carbamates (subject to hydrolysis) is 1. The summed E-state index contributed by atoms with van der Waals surface area (Å²) in [6, 6.07) is 16.3. The smallest absolute Gasteiger partial charge is 0.407 e. The molecule has 0 atom stereocenters. The Hall–Kier alpha value is -3.35. The first-order valence-electron chi connectivity index (χ1n) is 12.1. The van der Waals surface area contributed by atoms with Crippen molar-refractivity contribution in [1.29, 1.82) is 0 Å². The van der Waals surface area contributed by atoms with Crippen LogP contribution in [0.5, 0.6) is 0 Å². The van der Waals surface area contributed by atoms with Gasteiger partial charge in [0.15, 0.2) is 0 Å². The summed E-state index contributed by atoms with van der Waals surface area (Å²) in [6.45, 7) is 0.580. The zero-order valence-corrected chi connectivity index (χ0v) is 19.2. The zero-order chi connectivity index (χ0) is 23.7. The van der Waals surface area contributed by atoms with Crippen LogP contribution in [0.4, 0.5) is 4.79 Å². The summed E-state index contributed by atoms with van der Waals surface area (Å²) in [5.41, 5.74) is 3.90. The molecule has 0 bridgehead atoms. The Kier molecular flexibility index (Phi) is 6.02. The minimum atomic E-state index is -1.01. The second-order valence-electron chi connectivity index (χ2n) is 9.84. The molecule has 2 N–H and O–H groups in total. The molecule has 0 spiro atoms. The van der Waals surface area contributed by atoms with Crippen LogP contribution in [0.15, 0.2) is 48.5 Å². The third kappa shape index (κ3) is 4.39. The Morgan fingerprint density at radius 1 is 1.00 bits per heavy atom. The molecule has 2 aromatic carbocycles. The maximum atomic E-state index is 13.3. The van der Waals surface area contributed by atoms with Crippen LogP contribution in [0.1, 0.15) is 49.1 Å². The Bertz CT molecular complexity index is 1060. The number of carbonyl (C=O) groups excluding carboxylic acids is 2. The molecule has 0 saturated heterocycles. The van der Waals surface area contributed by atoms with E-state index >= 15 is 0 Å². The second kappa shape index (κ2) is 9.12. The van der Waals surface area contributed by atoms with Gasteiger partial charge in [0, 0.05) is 19.0 Å². The molecular weight excluding hydrogens is 432 g/mol. The molecule has 2 fully saturated rings. The van der Waals surface area contributed by atoms with E-state index in [1.165, 1.54) is 16.0 Å². The van der Waals surface area contributed by atoms with Gasteiger partial charge in [-0.05, 0) is 53.9 Å². The quantitative estimate of drug-likeness (QED) is 0.587. The van der Waals surface area contributed by atoms with E-state index in [1.807, 2.05) is 24.3 Å². The number of fused-ring (bicyclic) bond motifs is 3. The number of benzene rings is 2. The molecule has 34 heavy (non-hydrogen) atoms. The highest BCUT2D eigenvalue weighted by Gasteiger charge is 2.47. The number of carbonyl (C=O) groups is 3. The number of rotatable bonds is 9. The molecule has 178 valence electrons. The van der Waals surface area contributed by atoms with Crippen LogP contribution in [-0.2, 0) is 14.3 Å². The fourth-order valence-corrected chi connectivity index (χ4v) is 5.29. The average Bonchev–Trinajstić information content (AvgIpc) is 3.56. The summed E-state index contributed by atoms with van der Waals surface area (Å²) in [7, 11) is 0. The first kappa shape index (κ1) is 22.4. The van der Waals surface area contributed by atoms with E-state index in [2.05, 4.69) is 29.6 Å². The van der Waals surface area contributed by atoms with Gasteiger partial charge in [-0.2, -0.15) is 0 Å². The van der Waals surface area contributed by atoms with Crippen molar-refractivity contribution in [2.45, 2.75) is 38.0 Å². The van der Waals surface area contributed by atoms with E-state index in [-0.39, 0.29) is 31.5 Å². The highest BCUT2D eigenvalue weighted by molar-refractivity contribution is 5.87. The standard InChI is InChI=1S/C27H30N2O5/c30-24(31)15-29(14-18-10-11-18)25(32)27(12-5-13-27)17-28-26(33)34-16-23-21-8-3-1-6-19(21)20-7-2-4-9-22(20)23/h1-4,6-9,18,23H,5,10-17H2,(H,28,33)(H,30,31). The van der Waals surface area contributed by atoms with E-state index in [0.717, 1.165) is 30.4 Å². The Morgan fingerprint density at radius 2 is 1.62 bits per heavy atom. The lowest BCUT2D eigenvalue weighted by Gasteiger charge is -2.43. The predicted octanol–water partition coefficient (Wildman–Crippen LogP) is 4.02. The lowest BCUT2D eigenvalue weighted by molar-refractivity contribution is -0.153. The summed E-state index contributed by atoms with van der Waals surface area (Å²) >= 11 is 0.